The van der Waals surface area contributed by atoms with Crippen molar-refractivity contribution in [3.8, 4) is 22.9 Å². The molecular weight excluding hydrogens is 338 g/mol. The molecule has 0 saturated heterocycles. The number of benzene rings is 2. The van der Waals surface area contributed by atoms with E-state index in [1.54, 1.807) is 35.2 Å². The third kappa shape index (κ3) is 3.38. The molecule has 0 amide bonds. The minimum absolute atomic E-state index is 0.196. The van der Waals surface area contributed by atoms with Gasteiger partial charge in [-0.3, -0.25) is 0 Å². The Morgan fingerprint density at radius 3 is 2.64 bits per heavy atom. The largest absolute Gasteiger partial charge is 0.508 e. The molecule has 2 aromatic heterocycles. The van der Waals surface area contributed by atoms with Crippen LogP contribution in [-0.4, -0.2) is 30.3 Å². The van der Waals surface area contributed by atoms with Gasteiger partial charge >= 0.3 is 0 Å². The number of thioether (sulfide) groups is 1. The second kappa shape index (κ2) is 6.78. The second-order valence-electron chi connectivity index (χ2n) is 5.19. The van der Waals surface area contributed by atoms with Gasteiger partial charge in [0.25, 0.3) is 0 Å². The van der Waals surface area contributed by atoms with Crippen LogP contribution < -0.4 is 0 Å². The Balaban J connectivity index is 1.49. The Labute approximate surface area is 147 Å². The maximum Gasteiger partial charge on any atom is 0.226 e. The third-order valence-corrected chi connectivity index (χ3v) is 4.41. The number of oxazole rings is 1. The van der Waals surface area contributed by atoms with E-state index in [9.17, 15) is 5.11 Å². The number of phenols is 1. The average molecular weight is 351 g/mol. The van der Waals surface area contributed by atoms with Crippen molar-refractivity contribution in [2.45, 2.75) is 10.9 Å². The first-order valence-corrected chi connectivity index (χ1v) is 8.48. The molecular formula is C17H13N5O2S. The lowest BCUT2D eigenvalue weighted by Gasteiger charge is -2.03. The van der Waals surface area contributed by atoms with E-state index in [2.05, 4.69) is 20.5 Å². The van der Waals surface area contributed by atoms with Gasteiger partial charge < -0.3 is 9.52 Å². The zero-order chi connectivity index (χ0) is 17.1. The smallest absolute Gasteiger partial charge is 0.226 e. The SMILES string of the molecule is Oc1ccc(-n2nnnc2SCc2coc(-c3ccccc3)n2)cc1. The van der Waals surface area contributed by atoms with Crippen LogP contribution in [0.25, 0.3) is 17.1 Å². The summed E-state index contributed by atoms with van der Waals surface area (Å²) in [6.07, 6.45) is 1.64. The molecule has 0 aliphatic rings. The highest BCUT2D eigenvalue weighted by molar-refractivity contribution is 7.98. The average Bonchev–Trinajstić information content (AvgIpc) is 3.31. The molecule has 0 radical (unpaired) electrons. The highest BCUT2D eigenvalue weighted by Crippen LogP contribution is 2.25. The molecule has 4 rings (SSSR count). The topological polar surface area (TPSA) is 89.9 Å². The summed E-state index contributed by atoms with van der Waals surface area (Å²) >= 11 is 1.46. The van der Waals surface area contributed by atoms with Crippen LogP contribution >= 0.6 is 11.8 Å². The fourth-order valence-corrected chi connectivity index (χ4v) is 3.02. The summed E-state index contributed by atoms with van der Waals surface area (Å²) < 4.78 is 7.15. The summed E-state index contributed by atoms with van der Waals surface area (Å²) in [7, 11) is 0. The van der Waals surface area contributed by atoms with E-state index >= 15 is 0 Å². The molecule has 0 fully saturated rings. The number of hydrogen-bond acceptors (Lipinski definition) is 7. The van der Waals surface area contributed by atoms with Gasteiger partial charge in [0.2, 0.25) is 11.0 Å². The molecule has 2 aromatic carbocycles. The van der Waals surface area contributed by atoms with Crippen LogP contribution in [0.4, 0.5) is 0 Å². The highest BCUT2D eigenvalue weighted by atomic mass is 32.2. The Morgan fingerprint density at radius 1 is 1.04 bits per heavy atom. The standard InChI is InChI=1S/C17H13N5O2S/c23-15-8-6-14(7-9-15)22-17(19-20-21-22)25-11-13-10-24-16(18-13)12-4-2-1-3-5-12/h1-10,23H,11H2. The van der Waals surface area contributed by atoms with Crippen molar-refractivity contribution in [2.24, 2.45) is 0 Å². The zero-order valence-corrected chi connectivity index (χ0v) is 13.8. The quantitative estimate of drug-likeness (QED) is 0.552. The second-order valence-corrected chi connectivity index (χ2v) is 6.13. The first-order valence-electron chi connectivity index (χ1n) is 7.50. The molecule has 2 heterocycles. The Bertz CT molecular complexity index is 966. The maximum atomic E-state index is 9.39. The van der Waals surface area contributed by atoms with Crippen molar-refractivity contribution in [3.05, 3.63) is 66.6 Å². The van der Waals surface area contributed by atoms with Crippen molar-refractivity contribution in [3.63, 3.8) is 0 Å². The zero-order valence-electron chi connectivity index (χ0n) is 13.0. The van der Waals surface area contributed by atoms with E-state index in [0.717, 1.165) is 16.9 Å². The number of rotatable bonds is 5. The molecule has 0 bridgehead atoms. The maximum absolute atomic E-state index is 9.39. The number of nitrogens with zero attached hydrogens (tertiary/aromatic N) is 5. The molecule has 0 saturated carbocycles. The first kappa shape index (κ1) is 15.4. The van der Waals surface area contributed by atoms with E-state index in [0.29, 0.717) is 16.8 Å². The van der Waals surface area contributed by atoms with Crippen molar-refractivity contribution >= 4 is 11.8 Å². The Hall–Kier alpha value is -3.13. The fourth-order valence-electron chi connectivity index (χ4n) is 2.25. The van der Waals surface area contributed by atoms with Crippen molar-refractivity contribution in [1.29, 1.82) is 0 Å². The number of phenolic OH excluding ortho intramolecular Hbond substituents is 1. The summed E-state index contributed by atoms with van der Waals surface area (Å²) in [5.41, 5.74) is 2.52. The van der Waals surface area contributed by atoms with Gasteiger partial charge in [0.15, 0.2) is 0 Å². The van der Waals surface area contributed by atoms with Crippen LogP contribution in [-0.2, 0) is 5.75 Å². The summed E-state index contributed by atoms with van der Waals surface area (Å²) in [6.45, 7) is 0. The van der Waals surface area contributed by atoms with Crippen LogP contribution in [0.15, 0.2) is 70.4 Å². The van der Waals surface area contributed by atoms with Gasteiger partial charge in [0.05, 0.1) is 11.4 Å². The molecule has 25 heavy (non-hydrogen) atoms. The van der Waals surface area contributed by atoms with Gasteiger partial charge in [0, 0.05) is 11.3 Å². The van der Waals surface area contributed by atoms with Gasteiger partial charge in [-0.05, 0) is 46.8 Å². The number of aromatic hydroxyl groups is 1. The molecule has 8 heteroatoms. The van der Waals surface area contributed by atoms with Crippen molar-refractivity contribution in [2.75, 3.05) is 0 Å². The van der Waals surface area contributed by atoms with Crippen LogP contribution in [0, 0.1) is 0 Å². The Kier molecular flexibility index (Phi) is 4.17. The lowest BCUT2D eigenvalue weighted by Crippen LogP contribution is -1.98. The highest BCUT2D eigenvalue weighted by Gasteiger charge is 2.12. The van der Waals surface area contributed by atoms with Crippen LogP contribution in [0.3, 0.4) is 0 Å². The molecule has 0 atom stereocenters. The van der Waals surface area contributed by atoms with Gasteiger partial charge in [-0.2, -0.15) is 4.68 Å². The number of aromatic nitrogens is 5. The van der Waals surface area contributed by atoms with Gasteiger partial charge in [-0.25, -0.2) is 4.98 Å². The molecule has 0 aliphatic heterocycles. The van der Waals surface area contributed by atoms with Gasteiger partial charge in [0.1, 0.15) is 12.0 Å². The monoisotopic (exact) mass is 351 g/mol. The van der Waals surface area contributed by atoms with Gasteiger partial charge in [-0.1, -0.05) is 30.0 Å². The molecule has 7 nitrogen and oxygen atoms in total. The predicted molar refractivity (Wildman–Crippen MR) is 92.3 cm³/mol. The summed E-state index contributed by atoms with van der Waals surface area (Å²) in [4.78, 5) is 4.50. The number of hydrogen-bond donors (Lipinski definition) is 1. The first-order chi connectivity index (χ1) is 12.3. The normalized spacial score (nSPS) is 10.9. The molecule has 1 N–H and O–H groups in total. The van der Waals surface area contributed by atoms with E-state index in [1.165, 1.54) is 11.8 Å². The summed E-state index contributed by atoms with van der Waals surface area (Å²) in [5.74, 6) is 1.37. The van der Waals surface area contributed by atoms with Crippen LogP contribution in [0.5, 0.6) is 5.75 Å². The summed E-state index contributed by atoms with van der Waals surface area (Å²) in [5, 5.41) is 21.8. The van der Waals surface area contributed by atoms with Gasteiger partial charge in [-0.15, -0.1) is 5.10 Å². The number of tetrazole rings is 1. The lowest BCUT2D eigenvalue weighted by atomic mass is 10.2. The Morgan fingerprint density at radius 2 is 1.84 bits per heavy atom. The minimum Gasteiger partial charge on any atom is -0.508 e. The van der Waals surface area contributed by atoms with Crippen molar-refractivity contribution in [1.82, 2.24) is 25.2 Å². The summed E-state index contributed by atoms with van der Waals surface area (Å²) in [6, 6.07) is 16.4. The predicted octanol–water partition coefficient (Wildman–Crippen LogP) is 3.32. The molecule has 124 valence electrons. The van der Waals surface area contributed by atoms with Crippen LogP contribution in [0.1, 0.15) is 5.69 Å². The molecule has 4 aromatic rings. The minimum atomic E-state index is 0.196. The van der Waals surface area contributed by atoms with E-state index in [1.807, 2.05) is 30.3 Å². The molecule has 0 aliphatic carbocycles. The van der Waals surface area contributed by atoms with E-state index in [4.69, 9.17) is 4.42 Å². The third-order valence-electron chi connectivity index (χ3n) is 3.46. The van der Waals surface area contributed by atoms with E-state index in [-0.39, 0.29) is 5.75 Å². The molecule has 0 spiro atoms. The van der Waals surface area contributed by atoms with Crippen LogP contribution in [0.2, 0.25) is 0 Å². The van der Waals surface area contributed by atoms with Crippen molar-refractivity contribution < 1.29 is 9.52 Å². The lowest BCUT2D eigenvalue weighted by molar-refractivity contribution is 0.475. The van der Waals surface area contributed by atoms with E-state index < -0.39 is 0 Å². The fraction of sp³-hybridized carbons (Fsp3) is 0.0588. The molecule has 0 unspecified atom stereocenters.